The topological polar surface area (TPSA) is 58.2 Å². The van der Waals surface area contributed by atoms with Gasteiger partial charge in [-0.1, -0.05) is 20.3 Å². The largest absolute Gasteiger partial charge is 0.315 e. The molecule has 17 heavy (non-hydrogen) atoms. The molecule has 2 N–H and O–H groups in total. The smallest absolute Gasteiger partial charge is 0.208 e. The molecule has 1 atom stereocenters. The van der Waals surface area contributed by atoms with Crippen LogP contribution < -0.4 is 10.0 Å². The van der Waals surface area contributed by atoms with Crippen LogP contribution in [0.5, 0.6) is 0 Å². The molecule has 1 saturated carbocycles. The second-order valence-corrected chi connectivity index (χ2v) is 7.83. The lowest BCUT2D eigenvalue weighted by atomic mass is 9.72. The first kappa shape index (κ1) is 14.9. The van der Waals surface area contributed by atoms with Gasteiger partial charge >= 0.3 is 0 Å². The summed E-state index contributed by atoms with van der Waals surface area (Å²) in [5.74, 6) is 0.747. The zero-order valence-corrected chi connectivity index (χ0v) is 12.1. The second-order valence-electron chi connectivity index (χ2n) is 6.00. The van der Waals surface area contributed by atoms with Crippen molar-refractivity contribution in [3.8, 4) is 0 Å². The first-order chi connectivity index (χ1) is 7.79. The van der Waals surface area contributed by atoms with Gasteiger partial charge < -0.3 is 5.32 Å². The normalized spacial score (nSPS) is 24.8. The number of hydrogen-bond acceptors (Lipinski definition) is 3. The van der Waals surface area contributed by atoms with Crippen molar-refractivity contribution in [1.29, 1.82) is 0 Å². The van der Waals surface area contributed by atoms with E-state index in [0.29, 0.717) is 18.5 Å². The Bertz CT molecular complexity index is 325. The van der Waals surface area contributed by atoms with Gasteiger partial charge in [0, 0.05) is 13.1 Å². The fourth-order valence-corrected chi connectivity index (χ4v) is 3.13. The lowest BCUT2D eigenvalue weighted by Gasteiger charge is -2.35. The molecule has 1 aliphatic carbocycles. The van der Waals surface area contributed by atoms with Gasteiger partial charge in [-0.3, -0.25) is 0 Å². The molecule has 102 valence electrons. The predicted octanol–water partition coefficient (Wildman–Crippen LogP) is 1.34. The van der Waals surface area contributed by atoms with Crippen LogP contribution in [-0.2, 0) is 10.0 Å². The minimum atomic E-state index is -3.04. The first-order valence-electron chi connectivity index (χ1n) is 6.44. The van der Waals surface area contributed by atoms with E-state index in [1.165, 1.54) is 31.9 Å². The summed E-state index contributed by atoms with van der Waals surface area (Å²) in [6, 6.07) is 0. The number of hydrogen-bond donors (Lipinski definition) is 2. The Hall–Kier alpha value is -0.130. The van der Waals surface area contributed by atoms with E-state index in [2.05, 4.69) is 23.9 Å². The average molecular weight is 262 g/mol. The van der Waals surface area contributed by atoms with Gasteiger partial charge in [-0.25, -0.2) is 13.1 Å². The lowest BCUT2D eigenvalue weighted by molar-refractivity contribution is 0.178. The van der Waals surface area contributed by atoms with E-state index in [0.717, 1.165) is 12.5 Å². The van der Waals surface area contributed by atoms with Crippen molar-refractivity contribution >= 4 is 10.0 Å². The van der Waals surface area contributed by atoms with E-state index in [9.17, 15) is 8.42 Å². The molecule has 0 aliphatic heterocycles. The van der Waals surface area contributed by atoms with Crippen molar-refractivity contribution in [2.24, 2.45) is 11.3 Å². The van der Waals surface area contributed by atoms with E-state index in [4.69, 9.17) is 0 Å². The molecule has 0 heterocycles. The standard InChI is InChI=1S/C12H26N2O2S/c1-12(2)6-4-5-11(9-12)10-13-7-8-14-17(3,15)16/h11,13-14H,4-10H2,1-3H3/t11-/m0/s1. The van der Waals surface area contributed by atoms with Gasteiger partial charge in [-0.05, 0) is 37.1 Å². The summed E-state index contributed by atoms with van der Waals surface area (Å²) >= 11 is 0. The zero-order chi connectivity index (χ0) is 12.9. The van der Waals surface area contributed by atoms with Crippen molar-refractivity contribution in [3.63, 3.8) is 0 Å². The Kier molecular flexibility index (Phi) is 5.41. The molecule has 0 aromatic rings. The SMILES string of the molecule is CC1(C)CCC[C@H](CNCCNS(C)(=O)=O)C1. The fraction of sp³-hybridized carbons (Fsp3) is 1.00. The van der Waals surface area contributed by atoms with E-state index in [-0.39, 0.29) is 0 Å². The molecule has 0 unspecified atom stereocenters. The summed E-state index contributed by atoms with van der Waals surface area (Å²) in [7, 11) is -3.04. The van der Waals surface area contributed by atoms with Gasteiger partial charge in [0.05, 0.1) is 6.26 Å². The van der Waals surface area contributed by atoms with Crippen molar-refractivity contribution in [2.45, 2.75) is 39.5 Å². The third-order valence-corrected chi connectivity index (χ3v) is 4.13. The molecule has 4 nitrogen and oxygen atoms in total. The minimum absolute atomic E-state index is 0.481. The molecular formula is C12H26N2O2S. The predicted molar refractivity (Wildman–Crippen MR) is 71.5 cm³/mol. The van der Waals surface area contributed by atoms with Crippen LogP contribution in [0.1, 0.15) is 39.5 Å². The van der Waals surface area contributed by atoms with Crippen LogP contribution >= 0.6 is 0 Å². The number of sulfonamides is 1. The monoisotopic (exact) mass is 262 g/mol. The summed E-state index contributed by atoms with van der Waals surface area (Å²) in [5, 5.41) is 3.34. The van der Waals surface area contributed by atoms with Crippen LogP contribution in [-0.4, -0.2) is 34.3 Å². The van der Waals surface area contributed by atoms with Gasteiger partial charge in [0.2, 0.25) is 10.0 Å². The van der Waals surface area contributed by atoms with Gasteiger partial charge in [0.1, 0.15) is 0 Å². The third-order valence-electron chi connectivity index (χ3n) is 3.41. The van der Waals surface area contributed by atoms with Gasteiger partial charge in [0.15, 0.2) is 0 Å². The summed E-state index contributed by atoms with van der Waals surface area (Å²) in [4.78, 5) is 0. The average Bonchev–Trinajstić information content (AvgIpc) is 2.13. The summed E-state index contributed by atoms with van der Waals surface area (Å²) in [5.41, 5.74) is 0.482. The van der Waals surface area contributed by atoms with E-state index in [1.54, 1.807) is 0 Å². The van der Waals surface area contributed by atoms with Crippen LogP contribution in [0.25, 0.3) is 0 Å². The van der Waals surface area contributed by atoms with E-state index in [1.807, 2.05) is 0 Å². The highest BCUT2D eigenvalue weighted by Crippen LogP contribution is 2.38. The van der Waals surface area contributed by atoms with Crippen LogP contribution in [0, 0.1) is 11.3 Å². The van der Waals surface area contributed by atoms with Crippen molar-refractivity contribution in [2.75, 3.05) is 25.9 Å². The van der Waals surface area contributed by atoms with Crippen molar-refractivity contribution in [1.82, 2.24) is 10.0 Å². The third kappa shape index (κ3) is 7.01. The highest BCUT2D eigenvalue weighted by atomic mass is 32.2. The molecule has 5 heteroatoms. The summed E-state index contributed by atoms with van der Waals surface area (Å²) in [6.07, 6.45) is 6.42. The van der Waals surface area contributed by atoms with Crippen LogP contribution in [0.2, 0.25) is 0 Å². The van der Waals surface area contributed by atoms with Crippen molar-refractivity contribution in [3.05, 3.63) is 0 Å². The molecule has 1 fully saturated rings. The van der Waals surface area contributed by atoms with E-state index < -0.39 is 10.0 Å². The molecule has 0 radical (unpaired) electrons. The Morgan fingerprint density at radius 3 is 2.59 bits per heavy atom. The van der Waals surface area contributed by atoms with Gasteiger partial charge in [0.25, 0.3) is 0 Å². The lowest BCUT2D eigenvalue weighted by Crippen LogP contribution is -2.35. The summed E-state index contributed by atoms with van der Waals surface area (Å²) < 4.78 is 24.2. The Balaban J connectivity index is 2.11. The maximum Gasteiger partial charge on any atom is 0.208 e. The Morgan fingerprint density at radius 2 is 2.00 bits per heavy atom. The quantitative estimate of drug-likeness (QED) is 0.710. The van der Waals surface area contributed by atoms with E-state index >= 15 is 0 Å². The van der Waals surface area contributed by atoms with Gasteiger partial charge in [-0.15, -0.1) is 0 Å². The molecule has 0 saturated heterocycles. The number of nitrogens with one attached hydrogen (secondary N) is 2. The molecule has 0 bridgehead atoms. The minimum Gasteiger partial charge on any atom is -0.315 e. The zero-order valence-electron chi connectivity index (χ0n) is 11.3. The molecule has 0 aromatic heterocycles. The molecule has 1 rings (SSSR count). The Morgan fingerprint density at radius 1 is 1.29 bits per heavy atom. The van der Waals surface area contributed by atoms with Crippen LogP contribution in [0.3, 0.4) is 0 Å². The maximum absolute atomic E-state index is 10.8. The number of rotatable bonds is 6. The summed E-state index contributed by atoms with van der Waals surface area (Å²) in [6.45, 7) is 6.88. The Labute approximate surface area is 106 Å². The van der Waals surface area contributed by atoms with Crippen molar-refractivity contribution < 1.29 is 8.42 Å². The van der Waals surface area contributed by atoms with Crippen LogP contribution in [0.15, 0.2) is 0 Å². The fourth-order valence-electron chi connectivity index (χ4n) is 2.66. The molecule has 1 aliphatic rings. The maximum atomic E-state index is 10.8. The first-order valence-corrected chi connectivity index (χ1v) is 8.33. The molecule has 0 aromatic carbocycles. The highest BCUT2D eigenvalue weighted by molar-refractivity contribution is 7.88. The highest BCUT2D eigenvalue weighted by Gasteiger charge is 2.27. The molecule has 0 amide bonds. The molecule has 0 spiro atoms. The molecular weight excluding hydrogens is 236 g/mol. The van der Waals surface area contributed by atoms with Gasteiger partial charge in [-0.2, -0.15) is 0 Å². The van der Waals surface area contributed by atoms with Crippen LogP contribution in [0.4, 0.5) is 0 Å². The second kappa shape index (κ2) is 6.16.